The number of rotatable bonds is 5. The van der Waals surface area contributed by atoms with Crippen LogP contribution in [0.3, 0.4) is 0 Å². The van der Waals surface area contributed by atoms with Gasteiger partial charge >= 0.3 is 0 Å². The van der Waals surface area contributed by atoms with E-state index in [2.05, 4.69) is 11.8 Å². The minimum atomic E-state index is -0.901. The number of piperidine rings is 1. The highest BCUT2D eigenvalue weighted by Crippen LogP contribution is 2.28. The van der Waals surface area contributed by atoms with Gasteiger partial charge < -0.3 is 24.2 Å². The molecule has 174 valence electrons. The molecule has 2 aromatic carbocycles. The van der Waals surface area contributed by atoms with Crippen LogP contribution in [0.1, 0.15) is 53.6 Å². The molecule has 1 unspecified atom stereocenters. The first-order valence-corrected chi connectivity index (χ1v) is 11.6. The van der Waals surface area contributed by atoms with Crippen LogP contribution in [0.25, 0.3) is 0 Å². The Morgan fingerprint density at radius 3 is 2.33 bits per heavy atom. The Bertz CT molecular complexity index is 986. The van der Waals surface area contributed by atoms with Crippen molar-refractivity contribution in [1.82, 2.24) is 4.90 Å². The highest BCUT2D eigenvalue weighted by atomic mass is 16.7. The zero-order valence-corrected chi connectivity index (χ0v) is 19.1. The van der Waals surface area contributed by atoms with Gasteiger partial charge in [-0.1, -0.05) is 11.8 Å². The molecular weight excluding hydrogens is 418 g/mol. The third-order valence-electron chi connectivity index (χ3n) is 6.16. The van der Waals surface area contributed by atoms with Gasteiger partial charge in [-0.3, -0.25) is 4.79 Å². The minimum Gasteiger partial charge on any atom is -0.497 e. The number of aliphatic hydroxyl groups is 1. The van der Waals surface area contributed by atoms with Gasteiger partial charge in [0, 0.05) is 36.2 Å². The molecule has 2 fully saturated rings. The Kier molecular flexibility index (Phi) is 7.66. The fourth-order valence-electron chi connectivity index (χ4n) is 4.28. The molecule has 33 heavy (non-hydrogen) atoms. The predicted octanol–water partition coefficient (Wildman–Crippen LogP) is 3.61. The van der Waals surface area contributed by atoms with Crippen molar-refractivity contribution in [3.05, 3.63) is 65.2 Å². The maximum atomic E-state index is 13.1. The highest BCUT2D eigenvalue weighted by Gasteiger charge is 2.36. The SMILES string of the molecule is COc1ccc(C#Cc2ccc(C(=O)N3CCCC(O)(CCC4OCCCO4)C3)cc2)cc1. The number of hydrogen-bond acceptors (Lipinski definition) is 5. The molecular formula is C27H31NO5. The van der Waals surface area contributed by atoms with E-state index in [-0.39, 0.29) is 12.2 Å². The van der Waals surface area contributed by atoms with Crippen molar-refractivity contribution in [3.8, 4) is 17.6 Å². The number of β-amino-alcohol motifs (C(OH)–C–C–N with tert-alkyl or cyclic N) is 1. The van der Waals surface area contributed by atoms with Crippen LogP contribution in [0.4, 0.5) is 0 Å². The van der Waals surface area contributed by atoms with Crippen molar-refractivity contribution in [3.63, 3.8) is 0 Å². The Morgan fingerprint density at radius 1 is 1.06 bits per heavy atom. The molecule has 0 spiro atoms. The lowest BCUT2D eigenvalue weighted by Gasteiger charge is -2.40. The first-order chi connectivity index (χ1) is 16.0. The number of likely N-dealkylation sites (tertiary alicyclic amines) is 1. The third-order valence-corrected chi connectivity index (χ3v) is 6.16. The van der Waals surface area contributed by atoms with Gasteiger partial charge in [0.2, 0.25) is 0 Å². The topological polar surface area (TPSA) is 68.2 Å². The Labute approximate surface area is 195 Å². The van der Waals surface area contributed by atoms with Crippen molar-refractivity contribution in [1.29, 1.82) is 0 Å². The summed E-state index contributed by atoms with van der Waals surface area (Å²) in [5.41, 5.74) is 1.44. The highest BCUT2D eigenvalue weighted by molar-refractivity contribution is 5.94. The predicted molar refractivity (Wildman–Crippen MR) is 125 cm³/mol. The molecule has 1 amide bonds. The zero-order valence-electron chi connectivity index (χ0n) is 19.1. The van der Waals surface area contributed by atoms with E-state index in [9.17, 15) is 9.90 Å². The molecule has 2 heterocycles. The monoisotopic (exact) mass is 449 g/mol. The van der Waals surface area contributed by atoms with Crippen LogP contribution >= 0.6 is 0 Å². The number of ether oxygens (including phenoxy) is 3. The van der Waals surface area contributed by atoms with Crippen LogP contribution in [-0.2, 0) is 9.47 Å². The van der Waals surface area contributed by atoms with Gasteiger partial charge in [0.15, 0.2) is 6.29 Å². The fraction of sp³-hybridized carbons (Fsp3) is 0.444. The molecule has 0 bridgehead atoms. The molecule has 6 nitrogen and oxygen atoms in total. The first-order valence-electron chi connectivity index (χ1n) is 11.6. The summed E-state index contributed by atoms with van der Waals surface area (Å²) in [7, 11) is 1.63. The number of nitrogens with zero attached hydrogens (tertiary/aromatic N) is 1. The Balaban J connectivity index is 1.34. The summed E-state index contributed by atoms with van der Waals surface area (Å²) in [5, 5.41) is 11.1. The number of methoxy groups -OCH3 is 1. The van der Waals surface area contributed by atoms with E-state index < -0.39 is 5.60 Å². The third kappa shape index (κ3) is 6.35. The lowest BCUT2D eigenvalue weighted by Crippen LogP contribution is -2.50. The molecule has 0 saturated carbocycles. The summed E-state index contributed by atoms with van der Waals surface area (Å²) < 4.78 is 16.4. The summed E-state index contributed by atoms with van der Waals surface area (Å²) in [4.78, 5) is 14.8. The summed E-state index contributed by atoms with van der Waals surface area (Å²) in [6.45, 7) is 2.39. The Hall–Kier alpha value is -2.85. The molecule has 6 heteroatoms. The van der Waals surface area contributed by atoms with E-state index in [0.717, 1.165) is 29.7 Å². The molecule has 4 rings (SSSR count). The molecule has 2 aliphatic heterocycles. The molecule has 2 aliphatic rings. The van der Waals surface area contributed by atoms with E-state index in [1.807, 2.05) is 36.4 Å². The minimum absolute atomic E-state index is 0.0621. The molecule has 1 N–H and O–H groups in total. The maximum absolute atomic E-state index is 13.1. The largest absolute Gasteiger partial charge is 0.497 e. The molecule has 2 saturated heterocycles. The van der Waals surface area contributed by atoms with Gasteiger partial charge in [-0.05, 0) is 74.2 Å². The van der Waals surface area contributed by atoms with Crippen molar-refractivity contribution in [2.75, 3.05) is 33.4 Å². The average Bonchev–Trinajstić information content (AvgIpc) is 2.87. The number of hydrogen-bond donors (Lipinski definition) is 1. The van der Waals surface area contributed by atoms with E-state index in [1.165, 1.54) is 0 Å². The first kappa shape index (κ1) is 23.3. The summed E-state index contributed by atoms with van der Waals surface area (Å²) in [6.07, 6.45) is 3.32. The van der Waals surface area contributed by atoms with E-state index in [0.29, 0.717) is 51.1 Å². The van der Waals surface area contributed by atoms with Crippen molar-refractivity contribution >= 4 is 5.91 Å². The normalized spacial score (nSPS) is 21.2. The van der Waals surface area contributed by atoms with Crippen LogP contribution in [0.5, 0.6) is 5.75 Å². The lowest BCUT2D eigenvalue weighted by atomic mass is 9.88. The van der Waals surface area contributed by atoms with Gasteiger partial charge in [-0.2, -0.15) is 0 Å². The van der Waals surface area contributed by atoms with Crippen molar-refractivity contribution in [2.24, 2.45) is 0 Å². The molecule has 0 aliphatic carbocycles. The second-order valence-corrected chi connectivity index (χ2v) is 8.67. The van der Waals surface area contributed by atoms with Crippen LogP contribution in [0, 0.1) is 11.8 Å². The second-order valence-electron chi connectivity index (χ2n) is 8.67. The van der Waals surface area contributed by atoms with Crippen LogP contribution in [-0.4, -0.2) is 61.2 Å². The maximum Gasteiger partial charge on any atom is 0.253 e. The quantitative estimate of drug-likeness (QED) is 0.707. The van der Waals surface area contributed by atoms with Gasteiger partial charge in [0.1, 0.15) is 5.75 Å². The zero-order chi connectivity index (χ0) is 23.1. The molecule has 1 atom stereocenters. The van der Waals surface area contributed by atoms with Crippen molar-refractivity contribution in [2.45, 2.75) is 44.0 Å². The van der Waals surface area contributed by atoms with E-state index in [1.54, 1.807) is 24.1 Å². The van der Waals surface area contributed by atoms with Gasteiger partial charge in [-0.15, -0.1) is 0 Å². The number of carbonyl (C=O) groups excluding carboxylic acids is 1. The van der Waals surface area contributed by atoms with Crippen LogP contribution in [0.15, 0.2) is 48.5 Å². The standard InChI is InChI=1S/C27H31NO5/c1-31-24-12-8-22(9-13-24)5-4-21-6-10-23(11-7-21)26(29)28-17-2-15-27(30,20-28)16-14-25-32-18-3-19-33-25/h6-13,25,30H,2-3,14-20H2,1H3. The van der Waals surface area contributed by atoms with E-state index >= 15 is 0 Å². The smallest absolute Gasteiger partial charge is 0.253 e. The lowest BCUT2D eigenvalue weighted by molar-refractivity contribution is -0.188. The number of amides is 1. The van der Waals surface area contributed by atoms with Gasteiger partial charge in [-0.25, -0.2) is 0 Å². The molecule has 0 aromatic heterocycles. The van der Waals surface area contributed by atoms with E-state index in [4.69, 9.17) is 14.2 Å². The second kappa shape index (κ2) is 10.8. The number of carbonyl (C=O) groups is 1. The fourth-order valence-corrected chi connectivity index (χ4v) is 4.28. The molecule has 2 aromatic rings. The Morgan fingerprint density at radius 2 is 1.70 bits per heavy atom. The summed E-state index contributed by atoms with van der Waals surface area (Å²) >= 11 is 0. The average molecular weight is 450 g/mol. The summed E-state index contributed by atoms with van der Waals surface area (Å²) in [6, 6.07) is 14.9. The van der Waals surface area contributed by atoms with Crippen LogP contribution < -0.4 is 4.74 Å². The van der Waals surface area contributed by atoms with Crippen LogP contribution in [0.2, 0.25) is 0 Å². The van der Waals surface area contributed by atoms with Gasteiger partial charge in [0.05, 0.1) is 25.9 Å². The number of benzene rings is 2. The molecule has 0 radical (unpaired) electrons. The summed E-state index contributed by atoms with van der Waals surface area (Å²) in [5.74, 6) is 6.98. The van der Waals surface area contributed by atoms with Gasteiger partial charge in [0.25, 0.3) is 5.91 Å². The van der Waals surface area contributed by atoms with Crippen molar-refractivity contribution < 1.29 is 24.1 Å².